The van der Waals surface area contributed by atoms with Crippen molar-refractivity contribution in [3.63, 3.8) is 0 Å². The van der Waals surface area contributed by atoms with Crippen molar-refractivity contribution in [1.82, 2.24) is 9.80 Å². The topological polar surface area (TPSA) is 259 Å². The van der Waals surface area contributed by atoms with E-state index in [-0.39, 0.29) is 25.2 Å². The van der Waals surface area contributed by atoms with Gasteiger partial charge in [0.05, 0.1) is 48.1 Å². The molecule has 0 aliphatic carbocycles. The molecule has 63 heavy (non-hydrogen) atoms. The first-order valence-corrected chi connectivity index (χ1v) is 22.7. The molecule has 0 amide bonds. The monoisotopic (exact) mass is 911 g/mol. The lowest BCUT2D eigenvalue weighted by Crippen LogP contribution is -2.64. The van der Waals surface area contributed by atoms with E-state index in [1.165, 1.54) is 14.0 Å². The van der Waals surface area contributed by atoms with Gasteiger partial charge in [-0.05, 0) is 94.8 Å². The zero-order chi connectivity index (χ0) is 47.7. The lowest BCUT2D eigenvalue weighted by molar-refractivity contribution is -0.362. The highest BCUT2D eigenvalue weighted by Crippen LogP contribution is 2.41. The summed E-state index contributed by atoms with van der Waals surface area (Å²) in [5, 5.41) is 89.6. The Bertz CT molecular complexity index is 1440. The molecule has 19 nitrogen and oxygen atoms in total. The third-order valence-corrected chi connectivity index (χ3v) is 14.3. The minimum atomic E-state index is -1.87. The summed E-state index contributed by atoms with van der Waals surface area (Å²) in [4.78, 5) is 18.2. The van der Waals surface area contributed by atoms with Crippen LogP contribution in [0.5, 0.6) is 0 Å². The van der Waals surface area contributed by atoms with Gasteiger partial charge in [0.25, 0.3) is 0 Å². The van der Waals surface area contributed by atoms with Crippen molar-refractivity contribution >= 4 is 5.97 Å². The van der Waals surface area contributed by atoms with Crippen molar-refractivity contribution in [2.75, 3.05) is 41.4 Å². The fraction of sp³-hybridized carbons (Fsp3) is 0.977. The minimum Gasteiger partial charge on any atom is -0.459 e. The number of methoxy groups -OCH3 is 1. The number of aliphatic hydroxyl groups is 8. The van der Waals surface area contributed by atoms with Crippen molar-refractivity contribution in [2.24, 2.45) is 17.8 Å². The lowest BCUT2D eigenvalue weighted by atomic mass is 9.77. The van der Waals surface area contributed by atoms with Crippen molar-refractivity contribution < 1.29 is 83.5 Å². The van der Waals surface area contributed by atoms with E-state index in [1.807, 2.05) is 37.7 Å². The van der Waals surface area contributed by atoms with Crippen LogP contribution in [0.25, 0.3) is 0 Å². The number of likely N-dealkylation sites (N-methyl/N-ethyl adjacent to an activating group) is 2. The summed E-state index contributed by atoms with van der Waals surface area (Å²) in [7, 11) is 6.94. The van der Waals surface area contributed by atoms with Gasteiger partial charge in [-0.25, -0.2) is 0 Å². The number of cyclic esters (lactones) is 1. The van der Waals surface area contributed by atoms with Crippen molar-refractivity contribution in [1.29, 1.82) is 0 Å². The molecule has 4 rings (SSSR count). The van der Waals surface area contributed by atoms with Crippen LogP contribution >= 0.6 is 0 Å². The molecule has 0 aromatic heterocycles. The van der Waals surface area contributed by atoms with Crippen LogP contribution in [0.3, 0.4) is 0 Å². The first-order chi connectivity index (χ1) is 29.1. The van der Waals surface area contributed by atoms with E-state index in [2.05, 4.69) is 0 Å². The van der Waals surface area contributed by atoms with E-state index in [4.69, 9.17) is 37.9 Å². The van der Waals surface area contributed by atoms with Crippen LogP contribution < -0.4 is 0 Å². The van der Waals surface area contributed by atoms with E-state index in [0.717, 1.165) is 0 Å². The zero-order valence-electron chi connectivity index (χ0n) is 39.9. The quantitative estimate of drug-likeness (QED) is 0.131. The van der Waals surface area contributed by atoms with Gasteiger partial charge in [0.15, 0.2) is 18.9 Å². The summed E-state index contributed by atoms with van der Waals surface area (Å²) in [5.41, 5.74) is -4.68. The van der Waals surface area contributed by atoms with Crippen LogP contribution in [0, 0.1) is 17.8 Å². The molecule has 0 aromatic rings. The van der Waals surface area contributed by atoms with Crippen LogP contribution in [-0.2, 0) is 42.7 Å². The molecule has 4 heterocycles. The van der Waals surface area contributed by atoms with E-state index in [0.29, 0.717) is 13.0 Å². The third-order valence-electron chi connectivity index (χ3n) is 14.3. The minimum absolute atomic E-state index is 0.0600. The highest BCUT2D eigenvalue weighted by atomic mass is 16.8. The van der Waals surface area contributed by atoms with Crippen LogP contribution in [0.15, 0.2) is 0 Å². The van der Waals surface area contributed by atoms with E-state index >= 15 is 0 Å². The summed E-state index contributed by atoms with van der Waals surface area (Å²) >= 11 is 0. The highest BCUT2D eigenvalue weighted by Gasteiger charge is 2.54. The number of carbonyl (C=O) groups excluding carboxylic acids is 1. The molecule has 4 aliphatic rings. The Morgan fingerprint density at radius 3 is 2.03 bits per heavy atom. The van der Waals surface area contributed by atoms with Gasteiger partial charge >= 0.3 is 5.97 Å². The fourth-order valence-corrected chi connectivity index (χ4v) is 10.2. The van der Waals surface area contributed by atoms with Crippen LogP contribution in [0.1, 0.15) is 94.9 Å². The average Bonchev–Trinajstić information content (AvgIpc) is 3.21. The molecule has 370 valence electrons. The predicted molar refractivity (Wildman–Crippen MR) is 227 cm³/mol. The van der Waals surface area contributed by atoms with Crippen molar-refractivity contribution in [2.45, 2.75) is 216 Å². The summed E-state index contributed by atoms with van der Waals surface area (Å²) in [5.74, 6) is -3.02. The molecule has 4 fully saturated rings. The smallest absolute Gasteiger partial charge is 0.311 e. The molecule has 0 unspecified atom stereocenters. The number of aliphatic hydroxyl groups excluding tert-OH is 6. The molecule has 23 atom stereocenters. The SMILES string of the molecule is CC[C@H]1OC(=O)[C@H](C)[C@@H](O[C@H]2C[C@@](C)(OC)[C@@H](O)[C@H](C)O2)[C@H](C)[C@@H](O[C@@H]2O[C@H](C)C[C@H](N(C)C)[C@H]2O[C@@H]2O[C@H](CO)[C@@H](O)[C@H](O)[C@H]2O)[C@@](C)(O)C[C@@H](C)CN(C)[C@H](C)[C@@H](O)[C@]1(C)O. The largest absolute Gasteiger partial charge is 0.459 e. The normalized spacial score (nSPS) is 50.4. The van der Waals surface area contributed by atoms with Crippen LogP contribution in [0.4, 0.5) is 0 Å². The summed E-state index contributed by atoms with van der Waals surface area (Å²) in [6.07, 6.45) is -17.5. The molecule has 0 saturated carbocycles. The maximum absolute atomic E-state index is 14.5. The Kier molecular flexibility index (Phi) is 18.8. The zero-order valence-corrected chi connectivity index (χ0v) is 39.9. The Balaban J connectivity index is 1.87. The maximum Gasteiger partial charge on any atom is 0.311 e. The molecule has 0 radical (unpaired) electrons. The van der Waals surface area contributed by atoms with Gasteiger partial charge in [-0.3, -0.25) is 4.79 Å². The van der Waals surface area contributed by atoms with Crippen molar-refractivity contribution in [3.05, 3.63) is 0 Å². The Morgan fingerprint density at radius 2 is 1.46 bits per heavy atom. The molecular weight excluding hydrogens is 828 g/mol. The fourth-order valence-electron chi connectivity index (χ4n) is 10.2. The Hall–Kier alpha value is -1.21. The number of nitrogens with zero attached hydrogens (tertiary/aromatic N) is 2. The van der Waals surface area contributed by atoms with Gasteiger partial charge in [0.1, 0.15) is 54.4 Å². The Morgan fingerprint density at radius 1 is 0.825 bits per heavy atom. The second-order valence-corrected chi connectivity index (χ2v) is 20.0. The number of esters is 1. The molecule has 8 N–H and O–H groups in total. The second kappa shape index (κ2) is 21.8. The molecule has 0 spiro atoms. The molecule has 0 bridgehead atoms. The molecule has 0 aromatic carbocycles. The molecule has 4 aliphatic heterocycles. The number of ether oxygens (including phenoxy) is 8. The van der Waals surface area contributed by atoms with Crippen LogP contribution in [0.2, 0.25) is 0 Å². The van der Waals surface area contributed by atoms with Gasteiger partial charge in [-0.15, -0.1) is 0 Å². The number of hydrogen-bond donors (Lipinski definition) is 8. The highest BCUT2D eigenvalue weighted by molar-refractivity contribution is 5.73. The number of carbonyl (C=O) groups is 1. The van der Waals surface area contributed by atoms with E-state index in [1.54, 1.807) is 55.5 Å². The van der Waals surface area contributed by atoms with Gasteiger partial charge in [-0.2, -0.15) is 0 Å². The number of rotatable bonds is 10. The van der Waals surface area contributed by atoms with Crippen molar-refractivity contribution in [3.8, 4) is 0 Å². The summed E-state index contributed by atoms with van der Waals surface area (Å²) in [6, 6.07) is -1.06. The van der Waals surface area contributed by atoms with Gasteiger partial charge < -0.3 is 88.5 Å². The summed E-state index contributed by atoms with van der Waals surface area (Å²) in [6.45, 7) is 16.9. The third kappa shape index (κ3) is 12.1. The van der Waals surface area contributed by atoms with Crippen LogP contribution in [-0.4, -0.2) is 219 Å². The standard InChI is InChI=1S/C44H82N2O17/c1-15-29-44(10,55)36(51)25(6)46(13)19-21(2)17-42(8,54)38(23(4)34(24(5)39(53)60-29)61-30-18-43(9,56-14)37(52)26(7)58-30)63-41-35(27(45(11)12)16-22(3)57-41)62-40-33(50)32(49)31(48)28(20-47)59-40/h21-38,40-41,47-52,54-55H,15-20H2,1-14H3/t21-,22-,23+,24-,25-,26+,27+,28-,29-,30+,31-,32+,33-,34+,35-,36-,37+,38-,40+,41+,42+,43-,44-/m1/s1. The molecular formula is C44H82N2O17. The second-order valence-electron chi connectivity index (χ2n) is 20.0. The molecule has 19 heteroatoms. The van der Waals surface area contributed by atoms with E-state index < -0.39 is 145 Å². The Labute approximate surface area is 373 Å². The lowest BCUT2D eigenvalue weighted by Gasteiger charge is -2.50. The van der Waals surface area contributed by atoms with Gasteiger partial charge in [-0.1, -0.05) is 20.8 Å². The predicted octanol–water partition coefficient (Wildman–Crippen LogP) is -0.275. The molecule has 4 saturated heterocycles. The number of hydrogen-bond acceptors (Lipinski definition) is 19. The average molecular weight is 911 g/mol. The first kappa shape index (κ1) is 54.4. The maximum atomic E-state index is 14.5. The van der Waals surface area contributed by atoms with Gasteiger partial charge in [0, 0.05) is 38.1 Å². The van der Waals surface area contributed by atoms with E-state index in [9.17, 15) is 45.6 Å². The summed E-state index contributed by atoms with van der Waals surface area (Å²) < 4.78 is 50.6. The first-order valence-electron chi connectivity index (χ1n) is 22.7. The van der Waals surface area contributed by atoms with Gasteiger partial charge in [0.2, 0.25) is 0 Å².